The van der Waals surface area contributed by atoms with Crippen LogP contribution in [0.3, 0.4) is 0 Å². The lowest BCUT2D eigenvalue weighted by Crippen LogP contribution is -1.91. The van der Waals surface area contributed by atoms with Gasteiger partial charge in [-0.3, -0.25) is 0 Å². The van der Waals surface area contributed by atoms with E-state index in [1.807, 2.05) is 0 Å². The highest BCUT2D eigenvalue weighted by Gasteiger charge is 2.09. The van der Waals surface area contributed by atoms with Crippen LogP contribution >= 0.6 is 23.2 Å². The molecule has 78 valence electrons. The summed E-state index contributed by atoms with van der Waals surface area (Å²) in [5.41, 5.74) is 0.754. The molecule has 4 heteroatoms. The van der Waals surface area contributed by atoms with Crippen molar-refractivity contribution in [2.24, 2.45) is 0 Å². The van der Waals surface area contributed by atoms with Gasteiger partial charge in [0.2, 0.25) is 0 Å². The molecule has 1 rings (SSSR count). The summed E-state index contributed by atoms with van der Waals surface area (Å²) in [5, 5.41) is 0.527. The molecule has 14 heavy (non-hydrogen) atoms. The number of alkyl halides is 3. The number of benzene rings is 1. The predicted molar refractivity (Wildman–Crippen MR) is 55.5 cm³/mol. The fourth-order valence-electron chi connectivity index (χ4n) is 1.18. The van der Waals surface area contributed by atoms with Crippen LogP contribution in [0.15, 0.2) is 18.2 Å². The van der Waals surface area contributed by atoms with Crippen molar-refractivity contribution >= 4 is 23.2 Å². The van der Waals surface area contributed by atoms with Crippen molar-refractivity contribution in [3.8, 4) is 0 Å². The summed E-state index contributed by atoms with van der Waals surface area (Å²) < 4.78 is 24.7. The van der Waals surface area contributed by atoms with Gasteiger partial charge in [0, 0.05) is 16.5 Å². The van der Waals surface area contributed by atoms with Crippen LogP contribution in [0, 0.1) is 0 Å². The van der Waals surface area contributed by atoms with E-state index in [1.165, 1.54) is 18.2 Å². The van der Waals surface area contributed by atoms with Gasteiger partial charge >= 0.3 is 0 Å². The van der Waals surface area contributed by atoms with Gasteiger partial charge in [0.1, 0.15) is 0 Å². The summed E-state index contributed by atoms with van der Waals surface area (Å²) >= 11 is 11.4. The van der Waals surface area contributed by atoms with E-state index >= 15 is 0 Å². The lowest BCUT2D eigenvalue weighted by atomic mass is 10.1. The second-order valence-corrected chi connectivity index (χ2v) is 3.73. The number of aryl methyl sites for hydroxylation is 1. The lowest BCUT2D eigenvalue weighted by Gasteiger charge is -2.06. The quantitative estimate of drug-likeness (QED) is 0.681. The Hall–Kier alpha value is -0.340. The van der Waals surface area contributed by atoms with Crippen molar-refractivity contribution in [1.29, 1.82) is 0 Å². The maximum absolute atomic E-state index is 12.3. The van der Waals surface area contributed by atoms with E-state index in [0.717, 1.165) is 12.0 Å². The van der Waals surface area contributed by atoms with Gasteiger partial charge in [-0.05, 0) is 30.5 Å². The summed E-state index contributed by atoms with van der Waals surface area (Å²) in [6.07, 6.45) is -1.06. The van der Waals surface area contributed by atoms with Crippen LogP contribution in [0.1, 0.15) is 24.0 Å². The number of hydrogen-bond donors (Lipinski definition) is 0. The largest absolute Gasteiger partial charge is 0.263 e. The van der Waals surface area contributed by atoms with Crippen molar-refractivity contribution in [3.05, 3.63) is 34.3 Å². The molecule has 0 fully saturated rings. The minimum Gasteiger partial charge on any atom is -0.205 e. The topological polar surface area (TPSA) is 0 Å². The first kappa shape index (κ1) is 11.7. The van der Waals surface area contributed by atoms with Crippen LogP contribution in [0.25, 0.3) is 0 Å². The van der Waals surface area contributed by atoms with Gasteiger partial charge in [-0.1, -0.05) is 17.7 Å². The van der Waals surface area contributed by atoms with E-state index in [4.69, 9.17) is 23.2 Å². The molecule has 0 aromatic heterocycles. The third-order valence-corrected chi connectivity index (χ3v) is 2.54. The van der Waals surface area contributed by atoms with Crippen LogP contribution < -0.4 is 0 Å². The van der Waals surface area contributed by atoms with E-state index in [2.05, 4.69) is 0 Å². The Labute approximate surface area is 91.8 Å². The van der Waals surface area contributed by atoms with Gasteiger partial charge in [-0.15, -0.1) is 11.6 Å². The van der Waals surface area contributed by atoms with Crippen LogP contribution in [-0.2, 0) is 6.42 Å². The summed E-state index contributed by atoms with van der Waals surface area (Å²) in [5.74, 6) is 0.509. The van der Waals surface area contributed by atoms with Crippen LogP contribution in [0.4, 0.5) is 8.78 Å². The van der Waals surface area contributed by atoms with Gasteiger partial charge in [0.05, 0.1) is 0 Å². The number of hydrogen-bond acceptors (Lipinski definition) is 0. The summed E-state index contributed by atoms with van der Waals surface area (Å²) in [6.45, 7) is 0. The Morgan fingerprint density at radius 3 is 2.57 bits per heavy atom. The van der Waals surface area contributed by atoms with Crippen molar-refractivity contribution in [2.75, 3.05) is 5.88 Å². The Kier molecular flexibility index (Phi) is 4.63. The Bertz CT molecular complexity index is 300. The van der Waals surface area contributed by atoms with E-state index in [0.29, 0.717) is 17.3 Å². The molecule has 0 atom stereocenters. The molecule has 0 radical (unpaired) electrons. The summed E-state index contributed by atoms with van der Waals surface area (Å²) in [6, 6.07) is 4.29. The van der Waals surface area contributed by atoms with Crippen molar-refractivity contribution in [1.82, 2.24) is 0 Å². The van der Waals surface area contributed by atoms with Gasteiger partial charge in [0.25, 0.3) is 6.43 Å². The standard InChI is InChI=1S/C10H10Cl2F2/c11-5-1-2-7-6-8(10(13)14)3-4-9(7)12/h3-4,6,10H,1-2,5H2. The molecule has 0 amide bonds. The number of rotatable bonds is 4. The molecule has 1 aromatic rings. The van der Waals surface area contributed by atoms with E-state index < -0.39 is 6.43 Å². The molecule has 0 aliphatic carbocycles. The molecule has 0 bridgehead atoms. The Morgan fingerprint density at radius 2 is 2.00 bits per heavy atom. The van der Waals surface area contributed by atoms with E-state index in [9.17, 15) is 8.78 Å². The minimum absolute atomic E-state index is 0.0129. The second kappa shape index (κ2) is 5.52. The van der Waals surface area contributed by atoms with Crippen molar-refractivity contribution in [3.63, 3.8) is 0 Å². The smallest absolute Gasteiger partial charge is 0.205 e. The zero-order valence-electron chi connectivity index (χ0n) is 7.44. The molecule has 0 unspecified atom stereocenters. The summed E-state index contributed by atoms with van der Waals surface area (Å²) in [7, 11) is 0. The number of halogens is 4. The average molecular weight is 239 g/mol. The molecule has 0 spiro atoms. The molecule has 0 heterocycles. The highest BCUT2D eigenvalue weighted by Crippen LogP contribution is 2.25. The normalized spacial score (nSPS) is 10.9. The summed E-state index contributed by atoms with van der Waals surface area (Å²) in [4.78, 5) is 0. The molecular formula is C10H10Cl2F2. The first-order chi connectivity index (χ1) is 6.65. The third-order valence-electron chi connectivity index (χ3n) is 1.90. The SMILES string of the molecule is FC(F)c1ccc(Cl)c(CCCCl)c1. The fraction of sp³-hybridized carbons (Fsp3) is 0.400. The second-order valence-electron chi connectivity index (χ2n) is 2.94. The maximum Gasteiger partial charge on any atom is 0.263 e. The highest BCUT2D eigenvalue weighted by molar-refractivity contribution is 6.31. The first-order valence-electron chi connectivity index (χ1n) is 4.27. The van der Waals surface area contributed by atoms with E-state index in [1.54, 1.807) is 0 Å². The van der Waals surface area contributed by atoms with Gasteiger partial charge in [-0.2, -0.15) is 0 Å². The zero-order valence-corrected chi connectivity index (χ0v) is 8.95. The molecule has 0 N–H and O–H groups in total. The van der Waals surface area contributed by atoms with Gasteiger partial charge in [-0.25, -0.2) is 8.78 Å². The minimum atomic E-state index is -2.44. The van der Waals surface area contributed by atoms with Crippen molar-refractivity contribution < 1.29 is 8.78 Å². The van der Waals surface area contributed by atoms with Crippen LogP contribution in [-0.4, -0.2) is 5.88 Å². The molecular weight excluding hydrogens is 229 g/mol. The van der Waals surface area contributed by atoms with Crippen molar-refractivity contribution in [2.45, 2.75) is 19.3 Å². The molecule has 1 aromatic carbocycles. The Balaban J connectivity index is 2.85. The highest BCUT2D eigenvalue weighted by atomic mass is 35.5. The fourth-order valence-corrected chi connectivity index (χ4v) is 1.52. The molecule has 0 aliphatic rings. The predicted octanol–water partition coefficient (Wildman–Crippen LogP) is 4.45. The Morgan fingerprint density at radius 1 is 1.29 bits per heavy atom. The van der Waals surface area contributed by atoms with Gasteiger partial charge in [0.15, 0.2) is 0 Å². The molecule has 0 aliphatic heterocycles. The first-order valence-corrected chi connectivity index (χ1v) is 5.19. The monoisotopic (exact) mass is 238 g/mol. The van der Waals surface area contributed by atoms with Gasteiger partial charge < -0.3 is 0 Å². The molecule has 0 saturated carbocycles. The average Bonchev–Trinajstić information content (AvgIpc) is 2.16. The third kappa shape index (κ3) is 3.10. The lowest BCUT2D eigenvalue weighted by molar-refractivity contribution is 0.151. The van der Waals surface area contributed by atoms with Crippen LogP contribution in [0.5, 0.6) is 0 Å². The van der Waals surface area contributed by atoms with Crippen LogP contribution in [0.2, 0.25) is 5.02 Å². The maximum atomic E-state index is 12.3. The zero-order chi connectivity index (χ0) is 10.6. The van der Waals surface area contributed by atoms with E-state index in [-0.39, 0.29) is 5.56 Å². The molecule has 0 nitrogen and oxygen atoms in total. The molecule has 0 saturated heterocycles.